The summed E-state index contributed by atoms with van der Waals surface area (Å²) in [5.74, 6) is 0. The van der Waals surface area contributed by atoms with Crippen LogP contribution in [0.2, 0.25) is 0 Å². The third-order valence-electron chi connectivity index (χ3n) is 10.0. The minimum Gasteiger partial charge on any atom is -0.310 e. The van der Waals surface area contributed by atoms with Gasteiger partial charge in [0.05, 0.1) is 28.9 Å². The molecule has 8 aromatic carbocycles. The van der Waals surface area contributed by atoms with Gasteiger partial charge in [-0.3, -0.25) is 0 Å². The van der Waals surface area contributed by atoms with Gasteiger partial charge in [-0.2, -0.15) is 5.26 Å². The van der Waals surface area contributed by atoms with Gasteiger partial charge in [0.2, 0.25) is 0 Å². The smallest absolute Gasteiger partial charge is 0.189 e. The zero-order valence-corrected chi connectivity index (χ0v) is 29.3. The van der Waals surface area contributed by atoms with Gasteiger partial charge in [-0.25, -0.2) is 4.85 Å². The number of nitrogens with zero attached hydrogens (tertiary/aromatic N) is 4. The predicted octanol–water partition coefficient (Wildman–Crippen LogP) is 13.7. The van der Waals surface area contributed by atoms with Crippen LogP contribution in [0.4, 0.5) is 22.7 Å². The second-order valence-electron chi connectivity index (χ2n) is 13.2. The fourth-order valence-electron chi connectivity index (χ4n) is 7.42. The van der Waals surface area contributed by atoms with Gasteiger partial charge in [0, 0.05) is 27.8 Å². The maximum atomic E-state index is 10.3. The molecule has 0 aliphatic carbocycles. The van der Waals surface area contributed by atoms with Crippen LogP contribution in [0.5, 0.6) is 0 Å². The fourth-order valence-corrected chi connectivity index (χ4v) is 7.42. The van der Waals surface area contributed by atoms with E-state index in [-0.39, 0.29) is 0 Å². The van der Waals surface area contributed by atoms with Crippen molar-refractivity contribution in [1.82, 2.24) is 4.57 Å². The Morgan fingerprint density at radius 2 is 1.06 bits per heavy atom. The van der Waals surface area contributed by atoms with Crippen molar-refractivity contribution in [3.05, 3.63) is 211 Å². The van der Waals surface area contributed by atoms with Crippen LogP contribution in [0.15, 0.2) is 194 Å². The average molecular weight is 689 g/mol. The highest BCUT2D eigenvalue weighted by Crippen LogP contribution is 2.42. The van der Waals surface area contributed by atoms with E-state index >= 15 is 0 Å². The molecule has 1 heterocycles. The van der Waals surface area contributed by atoms with Crippen LogP contribution in [0, 0.1) is 17.9 Å². The Morgan fingerprint density at radius 3 is 1.76 bits per heavy atom. The largest absolute Gasteiger partial charge is 0.310 e. The molecule has 0 saturated heterocycles. The van der Waals surface area contributed by atoms with E-state index in [1.807, 2.05) is 30.3 Å². The lowest BCUT2D eigenvalue weighted by Gasteiger charge is -2.27. The van der Waals surface area contributed by atoms with Gasteiger partial charge in [-0.1, -0.05) is 133 Å². The fraction of sp³-hybridized carbons (Fsp3) is 0. The van der Waals surface area contributed by atoms with Crippen LogP contribution in [0.1, 0.15) is 5.56 Å². The Hall–Kier alpha value is -7.66. The molecule has 0 N–H and O–H groups in total. The number of anilines is 3. The third kappa shape index (κ3) is 5.85. The summed E-state index contributed by atoms with van der Waals surface area (Å²) in [6.45, 7) is 7.75. The minimum atomic E-state index is 0.473. The van der Waals surface area contributed by atoms with Crippen molar-refractivity contribution >= 4 is 44.6 Å². The quantitative estimate of drug-likeness (QED) is 0.156. The van der Waals surface area contributed by atoms with Gasteiger partial charge in [0.15, 0.2) is 5.69 Å². The highest BCUT2D eigenvalue weighted by atomic mass is 15.1. The van der Waals surface area contributed by atoms with Crippen molar-refractivity contribution in [2.24, 2.45) is 0 Å². The van der Waals surface area contributed by atoms with E-state index in [1.165, 1.54) is 21.9 Å². The lowest BCUT2D eigenvalue weighted by Crippen LogP contribution is -2.11. The SMILES string of the molecule is [C-]#[N+]c1ccc(C#N)c(N(c2ccc(-c3ccccc3)cc2)c2cccc(-c3ccc4c5cc(-c6ccccc6)ccc5n(-c5ccccc5)c4c3)c2)c1. The van der Waals surface area contributed by atoms with Gasteiger partial charge in [0.25, 0.3) is 0 Å². The molecule has 9 aromatic rings. The maximum Gasteiger partial charge on any atom is 0.189 e. The summed E-state index contributed by atoms with van der Waals surface area (Å²) < 4.78 is 2.35. The highest BCUT2D eigenvalue weighted by Gasteiger charge is 2.19. The molecule has 252 valence electrons. The monoisotopic (exact) mass is 688 g/mol. The molecule has 0 aliphatic rings. The molecule has 0 atom stereocenters. The number of fused-ring (bicyclic) bond motifs is 3. The van der Waals surface area contributed by atoms with E-state index in [1.54, 1.807) is 18.2 Å². The van der Waals surface area contributed by atoms with Gasteiger partial charge in [-0.15, -0.1) is 0 Å². The Morgan fingerprint density at radius 1 is 0.463 bits per heavy atom. The lowest BCUT2D eigenvalue weighted by molar-refractivity contribution is 1.18. The molecular formula is C50H32N4. The summed E-state index contributed by atoms with van der Waals surface area (Å²) in [4.78, 5) is 5.79. The van der Waals surface area contributed by atoms with Crippen LogP contribution in [0.25, 0.3) is 65.7 Å². The molecule has 4 nitrogen and oxygen atoms in total. The summed E-state index contributed by atoms with van der Waals surface area (Å²) in [5, 5.41) is 12.6. The predicted molar refractivity (Wildman–Crippen MR) is 223 cm³/mol. The summed E-state index contributed by atoms with van der Waals surface area (Å²) in [7, 11) is 0. The Kier molecular flexibility index (Phi) is 8.25. The molecule has 0 radical (unpaired) electrons. The molecule has 0 saturated carbocycles. The first-order chi connectivity index (χ1) is 26.7. The Labute approximate surface area is 314 Å². The van der Waals surface area contributed by atoms with Crippen LogP contribution in [0.3, 0.4) is 0 Å². The second-order valence-corrected chi connectivity index (χ2v) is 13.2. The number of nitriles is 1. The summed E-state index contributed by atoms with van der Waals surface area (Å²) in [6, 6.07) is 69.2. The standard InChI is InChI=1S/C50H32N4/c1-52-42-25-20-41(34-51)49(33-42)53(44-26-21-37(22-27-44)35-12-5-2-6-13-35)45-19-11-16-38(30-45)40-23-28-46-47-31-39(36-14-7-3-8-15-36)24-29-48(47)54(50(46)32-40)43-17-9-4-10-18-43/h2-33H. The molecular weight excluding hydrogens is 657 g/mol. The summed E-state index contributed by atoms with van der Waals surface area (Å²) in [5.41, 5.74) is 13.5. The van der Waals surface area contributed by atoms with Crippen molar-refractivity contribution in [3.63, 3.8) is 0 Å². The Balaban J connectivity index is 1.20. The number of rotatable bonds is 7. The van der Waals surface area contributed by atoms with Crippen molar-refractivity contribution in [2.45, 2.75) is 0 Å². The van der Waals surface area contributed by atoms with E-state index in [4.69, 9.17) is 6.57 Å². The molecule has 0 aliphatic heterocycles. The normalized spacial score (nSPS) is 10.9. The molecule has 0 unspecified atom stereocenters. The molecule has 1 aromatic heterocycles. The molecule has 9 rings (SSSR count). The van der Waals surface area contributed by atoms with Crippen molar-refractivity contribution < 1.29 is 0 Å². The topological polar surface area (TPSA) is 36.3 Å². The molecule has 0 amide bonds. The molecule has 4 heteroatoms. The first-order valence-electron chi connectivity index (χ1n) is 17.9. The molecule has 0 spiro atoms. The minimum absolute atomic E-state index is 0.473. The number of benzene rings is 8. The van der Waals surface area contributed by atoms with Crippen molar-refractivity contribution in [3.8, 4) is 45.1 Å². The average Bonchev–Trinajstić information content (AvgIpc) is 3.58. The van der Waals surface area contributed by atoms with Gasteiger partial charge in [-0.05, 0) is 94.0 Å². The maximum absolute atomic E-state index is 10.3. The van der Waals surface area contributed by atoms with E-state index in [0.717, 1.165) is 50.3 Å². The van der Waals surface area contributed by atoms with E-state index in [9.17, 15) is 5.26 Å². The number of hydrogen-bond donors (Lipinski definition) is 0. The number of aromatic nitrogens is 1. The number of hydrogen-bond acceptors (Lipinski definition) is 2. The zero-order valence-electron chi connectivity index (χ0n) is 29.3. The molecule has 0 fully saturated rings. The van der Waals surface area contributed by atoms with E-state index < -0.39 is 0 Å². The van der Waals surface area contributed by atoms with Crippen molar-refractivity contribution in [1.29, 1.82) is 5.26 Å². The van der Waals surface area contributed by atoms with Crippen molar-refractivity contribution in [2.75, 3.05) is 4.90 Å². The number of para-hydroxylation sites is 1. The van der Waals surface area contributed by atoms with Crippen LogP contribution in [-0.2, 0) is 0 Å². The molecule has 0 bridgehead atoms. The summed E-state index contributed by atoms with van der Waals surface area (Å²) in [6.07, 6.45) is 0. The molecule has 54 heavy (non-hydrogen) atoms. The Bertz CT molecular complexity index is 2880. The van der Waals surface area contributed by atoms with E-state index in [2.05, 4.69) is 166 Å². The third-order valence-corrected chi connectivity index (χ3v) is 10.0. The van der Waals surface area contributed by atoms with Gasteiger partial charge >= 0.3 is 0 Å². The van der Waals surface area contributed by atoms with Gasteiger partial charge < -0.3 is 9.47 Å². The van der Waals surface area contributed by atoms with Crippen LogP contribution < -0.4 is 4.90 Å². The van der Waals surface area contributed by atoms with Crippen LogP contribution in [-0.4, -0.2) is 4.57 Å². The second kappa shape index (κ2) is 13.8. The van der Waals surface area contributed by atoms with Gasteiger partial charge in [0.1, 0.15) is 6.07 Å². The van der Waals surface area contributed by atoms with E-state index in [0.29, 0.717) is 16.9 Å². The zero-order chi connectivity index (χ0) is 36.4. The summed E-state index contributed by atoms with van der Waals surface area (Å²) >= 11 is 0. The van der Waals surface area contributed by atoms with Crippen LogP contribution >= 0.6 is 0 Å². The first-order valence-corrected chi connectivity index (χ1v) is 17.9. The lowest BCUT2D eigenvalue weighted by atomic mass is 10.00. The highest BCUT2D eigenvalue weighted by molar-refractivity contribution is 6.11. The first kappa shape index (κ1) is 32.3.